The van der Waals surface area contributed by atoms with E-state index in [4.69, 9.17) is 0 Å². The molecule has 0 amide bonds. The summed E-state index contributed by atoms with van der Waals surface area (Å²) in [6.07, 6.45) is 17.9. The fourth-order valence-corrected chi connectivity index (χ4v) is 3.39. The van der Waals surface area contributed by atoms with E-state index in [1.54, 1.807) is 0 Å². The van der Waals surface area contributed by atoms with Crippen molar-refractivity contribution in [1.82, 2.24) is 0 Å². The smallest absolute Gasteiger partial charge is 0.00104 e. The molecule has 0 fully saturated rings. The minimum atomic E-state index is 0.473. The molecular weight excluding hydrogens is 504 g/mol. The van der Waals surface area contributed by atoms with E-state index in [-0.39, 0.29) is 0 Å². The van der Waals surface area contributed by atoms with E-state index in [1.807, 2.05) is 32.1 Å². The normalized spacial score (nSPS) is 11.9. The van der Waals surface area contributed by atoms with E-state index >= 15 is 0 Å². The van der Waals surface area contributed by atoms with Gasteiger partial charge in [-0.1, -0.05) is 180 Å². The van der Waals surface area contributed by atoms with Gasteiger partial charge in [0.25, 0.3) is 0 Å². The molecule has 0 aliphatic carbocycles. The van der Waals surface area contributed by atoms with Crippen LogP contribution < -0.4 is 0 Å². The molecule has 0 heteroatoms. The summed E-state index contributed by atoms with van der Waals surface area (Å²) < 4.78 is 0. The van der Waals surface area contributed by atoms with Gasteiger partial charge in [0.05, 0.1) is 0 Å². The average Bonchev–Trinajstić information content (AvgIpc) is 2.97. The molecule has 2 aromatic carbocycles. The Balaban J connectivity index is -0.000000490. The summed E-state index contributed by atoms with van der Waals surface area (Å²) in [6, 6.07) is 21.0. The summed E-state index contributed by atoms with van der Waals surface area (Å²) in [6.45, 7) is 33.6. The minimum absolute atomic E-state index is 0.473. The van der Waals surface area contributed by atoms with Crippen molar-refractivity contribution in [3.63, 3.8) is 0 Å². The van der Waals surface area contributed by atoms with Gasteiger partial charge in [-0.25, -0.2) is 0 Å². The molecule has 0 aliphatic rings. The molecular formula is C42H70. The molecule has 0 nitrogen and oxygen atoms in total. The highest BCUT2D eigenvalue weighted by atomic mass is 14.0. The second-order valence-electron chi connectivity index (χ2n) is 12.3. The number of benzene rings is 2. The Morgan fingerprint density at radius 3 is 1.10 bits per heavy atom. The number of allylic oxidation sites excluding steroid dienone is 6. The van der Waals surface area contributed by atoms with Crippen LogP contribution in [0.4, 0.5) is 0 Å². The van der Waals surface area contributed by atoms with Crippen molar-refractivity contribution in [2.75, 3.05) is 0 Å². The fourth-order valence-electron chi connectivity index (χ4n) is 3.39. The van der Waals surface area contributed by atoms with Crippen LogP contribution >= 0.6 is 0 Å². The Kier molecular flexibility index (Phi) is 32.7. The Bertz CT molecular complexity index is 853. The maximum atomic E-state index is 3.74. The van der Waals surface area contributed by atoms with E-state index in [9.17, 15) is 0 Å². The first kappa shape index (κ1) is 43.8. The highest BCUT2D eigenvalue weighted by Crippen LogP contribution is 2.16. The van der Waals surface area contributed by atoms with E-state index < -0.39 is 0 Å². The number of hydrogen-bond acceptors (Lipinski definition) is 0. The SMILES string of the molecule is C=CC(C)c1ccccc1.C=CCC(C)C.CC.CC(C)C/C=C/C(C)c1ccccc1.CC(C)C/C=C/CC(C)C. The third-order valence-electron chi connectivity index (χ3n) is 6.06. The monoisotopic (exact) mass is 575 g/mol. The van der Waals surface area contributed by atoms with Gasteiger partial charge in [0.2, 0.25) is 0 Å². The molecule has 2 rings (SSSR count). The van der Waals surface area contributed by atoms with Crippen LogP contribution in [0.25, 0.3) is 0 Å². The highest BCUT2D eigenvalue weighted by molar-refractivity contribution is 5.23. The van der Waals surface area contributed by atoms with Gasteiger partial charge in [-0.15, -0.1) is 13.2 Å². The van der Waals surface area contributed by atoms with E-state index in [0.717, 1.165) is 30.1 Å². The molecule has 0 N–H and O–H groups in total. The van der Waals surface area contributed by atoms with Gasteiger partial charge in [0.15, 0.2) is 0 Å². The summed E-state index contributed by atoms with van der Waals surface area (Å²) in [5.74, 6) is 4.17. The Hall–Kier alpha value is -2.60. The first-order chi connectivity index (χ1) is 19.9. The van der Waals surface area contributed by atoms with Crippen LogP contribution in [0.5, 0.6) is 0 Å². The third kappa shape index (κ3) is 31.9. The lowest BCUT2D eigenvalue weighted by atomic mass is 9.99. The van der Waals surface area contributed by atoms with Crippen molar-refractivity contribution in [3.8, 4) is 0 Å². The second-order valence-corrected chi connectivity index (χ2v) is 12.3. The fraction of sp³-hybridized carbons (Fsp3) is 0.524. The Morgan fingerprint density at radius 2 is 0.810 bits per heavy atom. The molecule has 0 heterocycles. The van der Waals surface area contributed by atoms with Gasteiger partial charge in [-0.05, 0) is 72.3 Å². The number of hydrogen-bond donors (Lipinski definition) is 0. The standard InChI is InChI=1S/C14H20.C10H12.C10H20.C6H12.C2H6/c1-12(2)8-7-9-13(3)14-10-5-4-6-11-14;1-3-9(2)10-7-5-4-6-8-10;1-9(2)7-5-6-8-10(3)4;1-4-5-6(2)3;1-2/h4-7,9-13H,8H2,1-3H3;3-9H,1H2,2H3;5-6,9-10H,7-8H2,1-4H3;4,6H,1,5H2,2-3H3;1-2H3/b9-7+;;6-5+;;. The molecule has 2 unspecified atom stereocenters. The molecule has 0 spiro atoms. The molecule has 0 saturated heterocycles. The van der Waals surface area contributed by atoms with Crippen molar-refractivity contribution < 1.29 is 0 Å². The molecule has 0 aromatic heterocycles. The van der Waals surface area contributed by atoms with Gasteiger partial charge in [0.1, 0.15) is 0 Å². The van der Waals surface area contributed by atoms with Crippen molar-refractivity contribution in [1.29, 1.82) is 0 Å². The molecule has 0 aliphatic heterocycles. The lowest BCUT2D eigenvalue weighted by Crippen LogP contribution is -1.89. The van der Waals surface area contributed by atoms with Gasteiger partial charge in [-0.2, -0.15) is 0 Å². The lowest BCUT2D eigenvalue weighted by Gasteiger charge is -2.06. The zero-order valence-corrected chi connectivity index (χ0v) is 29.9. The zero-order valence-electron chi connectivity index (χ0n) is 29.9. The van der Waals surface area contributed by atoms with Crippen molar-refractivity contribution in [3.05, 3.63) is 121 Å². The van der Waals surface area contributed by atoms with Crippen LogP contribution in [0.3, 0.4) is 0 Å². The van der Waals surface area contributed by atoms with Gasteiger partial charge in [0, 0.05) is 0 Å². The highest BCUT2D eigenvalue weighted by Gasteiger charge is 1.99. The van der Waals surface area contributed by atoms with Crippen LogP contribution in [0.1, 0.15) is 132 Å². The molecule has 0 radical (unpaired) electrons. The first-order valence-electron chi connectivity index (χ1n) is 16.6. The molecule has 2 atom stereocenters. The quantitative estimate of drug-likeness (QED) is 0.221. The maximum absolute atomic E-state index is 3.74. The molecule has 2 aromatic rings. The van der Waals surface area contributed by atoms with Crippen LogP contribution in [0.15, 0.2) is 110 Å². The first-order valence-corrected chi connectivity index (χ1v) is 16.6. The van der Waals surface area contributed by atoms with Crippen molar-refractivity contribution >= 4 is 0 Å². The molecule has 238 valence electrons. The summed E-state index contributed by atoms with van der Waals surface area (Å²) in [7, 11) is 0. The van der Waals surface area contributed by atoms with Crippen molar-refractivity contribution in [2.24, 2.45) is 23.7 Å². The second kappa shape index (κ2) is 31.3. The van der Waals surface area contributed by atoms with Crippen LogP contribution in [0.2, 0.25) is 0 Å². The minimum Gasteiger partial charge on any atom is -0.103 e. The van der Waals surface area contributed by atoms with Crippen LogP contribution in [-0.2, 0) is 0 Å². The van der Waals surface area contributed by atoms with E-state index in [2.05, 4.69) is 161 Å². The van der Waals surface area contributed by atoms with E-state index in [1.165, 1.54) is 30.4 Å². The third-order valence-corrected chi connectivity index (χ3v) is 6.06. The molecule has 0 saturated carbocycles. The molecule has 0 bridgehead atoms. The zero-order chi connectivity index (χ0) is 32.8. The average molecular weight is 575 g/mol. The van der Waals surface area contributed by atoms with Crippen molar-refractivity contribution in [2.45, 2.75) is 121 Å². The summed E-state index contributed by atoms with van der Waals surface area (Å²) in [5.41, 5.74) is 2.73. The van der Waals surface area contributed by atoms with Gasteiger partial charge in [-0.3, -0.25) is 0 Å². The predicted octanol–water partition coefficient (Wildman–Crippen LogP) is 14.2. The summed E-state index contributed by atoms with van der Waals surface area (Å²) in [5, 5.41) is 0. The Morgan fingerprint density at radius 1 is 0.476 bits per heavy atom. The lowest BCUT2D eigenvalue weighted by molar-refractivity contribution is 0.644. The maximum Gasteiger partial charge on any atom is -0.00104 e. The van der Waals surface area contributed by atoms with E-state index in [0.29, 0.717) is 11.8 Å². The van der Waals surface area contributed by atoms with Gasteiger partial charge < -0.3 is 0 Å². The van der Waals surface area contributed by atoms with Crippen LogP contribution in [-0.4, -0.2) is 0 Å². The number of rotatable bonds is 12. The largest absolute Gasteiger partial charge is 0.103 e. The predicted molar refractivity (Wildman–Crippen MR) is 198 cm³/mol. The Labute approximate surface area is 265 Å². The van der Waals surface area contributed by atoms with Crippen LogP contribution in [0, 0.1) is 23.7 Å². The van der Waals surface area contributed by atoms with Gasteiger partial charge >= 0.3 is 0 Å². The summed E-state index contributed by atoms with van der Waals surface area (Å²) >= 11 is 0. The topological polar surface area (TPSA) is 0 Å². The summed E-state index contributed by atoms with van der Waals surface area (Å²) in [4.78, 5) is 0. The molecule has 42 heavy (non-hydrogen) atoms.